The Hall–Kier alpha value is -3.35. The summed E-state index contributed by atoms with van der Waals surface area (Å²) >= 11 is 1.29. The highest BCUT2D eigenvalue weighted by Crippen LogP contribution is 2.28. The molecular formula is C20H17N3O5S. The molecule has 1 atom stereocenters. The smallest absolute Gasteiger partial charge is 0.323 e. The predicted molar refractivity (Wildman–Crippen MR) is 104 cm³/mol. The number of rotatable bonds is 4. The molecule has 4 rings (SSSR count). The van der Waals surface area contributed by atoms with Gasteiger partial charge in [-0.1, -0.05) is 17.9 Å². The van der Waals surface area contributed by atoms with Gasteiger partial charge in [0, 0.05) is 17.0 Å². The van der Waals surface area contributed by atoms with E-state index in [0.717, 1.165) is 10.4 Å². The van der Waals surface area contributed by atoms with Gasteiger partial charge in [-0.05, 0) is 29.8 Å². The van der Waals surface area contributed by atoms with Crippen LogP contribution in [-0.2, 0) is 17.9 Å². The molecule has 0 aliphatic carbocycles. The second-order valence-electron chi connectivity index (χ2n) is 6.67. The van der Waals surface area contributed by atoms with Crippen LogP contribution in [0.25, 0.3) is 0 Å². The summed E-state index contributed by atoms with van der Waals surface area (Å²) < 4.78 is 5.18. The van der Waals surface area contributed by atoms with Gasteiger partial charge in [0.15, 0.2) is 0 Å². The second-order valence-corrected chi connectivity index (χ2v) is 7.84. The lowest BCUT2D eigenvalue weighted by Gasteiger charge is -2.26. The van der Waals surface area contributed by atoms with Gasteiger partial charge in [0.05, 0.1) is 25.1 Å². The Labute approximate surface area is 170 Å². The van der Waals surface area contributed by atoms with Crippen LogP contribution in [-0.4, -0.2) is 47.0 Å². The maximum Gasteiger partial charge on any atom is 0.323 e. The Morgan fingerprint density at radius 1 is 1.28 bits per heavy atom. The summed E-state index contributed by atoms with van der Waals surface area (Å²) in [6.07, 6.45) is 0. The zero-order chi connectivity index (χ0) is 20.6. The van der Waals surface area contributed by atoms with Gasteiger partial charge in [0.1, 0.15) is 5.75 Å². The highest BCUT2D eigenvalue weighted by molar-refractivity contribution is 7.12. The number of nitrogens with zero attached hydrogens (tertiary/aromatic N) is 1. The predicted octanol–water partition coefficient (Wildman–Crippen LogP) is 0.835. The van der Waals surface area contributed by atoms with Crippen LogP contribution in [0, 0.1) is 11.8 Å². The van der Waals surface area contributed by atoms with Crippen LogP contribution in [0.3, 0.4) is 0 Å². The molecule has 3 heterocycles. The van der Waals surface area contributed by atoms with E-state index in [9.17, 15) is 19.5 Å². The molecule has 4 amide bonds. The number of aliphatic hydroxyl groups is 1. The topological polar surface area (TPSA) is 108 Å². The normalized spacial score (nSPS) is 20.1. The van der Waals surface area contributed by atoms with Crippen LogP contribution in [0.2, 0.25) is 0 Å². The molecule has 0 bridgehead atoms. The minimum Gasteiger partial charge on any atom is -0.497 e. The van der Waals surface area contributed by atoms with Crippen LogP contribution in [0.4, 0.5) is 4.79 Å². The minimum absolute atomic E-state index is 0.0916. The van der Waals surface area contributed by atoms with Gasteiger partial charge in [-0.2, -0.15) is 0 Å². The summed E-state index contributed by atoms with van der Waals surface area (Å²) in [5.41, 5.74) is -0.236. The number of thiophene rings is 1. The first-order valence-corrected chi connectivity index (χ1v) is 9.58. The summed E-state index contributed by atoms with van der Waals surface area (Å²) in [5.74, 6) is 5.44. The number of carbonyl (C=O) groups excluding carboxylic acids is 3. The summed E-state index contributed by atoms with van der Waals surface area (Å²) in [6, 6.07) is 8.05. The number of urea groups is 1. The summed E-state index contributed by atoms with van der Waals surface area (Å²) in [6.45, 7) is 0.114. The average molecular weight is 411 g/mol. The fourth-order valence-corrected chi connectivity index (χ4v) is 4.03. The number of hydrogen-bond acceptors (Lipinski definition) is 6. The monoisotopic (exact) mass is 411 g/mol. The third kappa shape index (κ3) is 3.44. The lowest BCUT2D eigenvalue weighted by Crippen LogP contribution is -2.54. The molecule has 1 saturated heterocycles. The second kappa shape index (κ2) is 7.24. The molecule has 9 heteroatoms. The van der Waals surface area contributed by atoms with Crippen molar-refractivity contribution in [3.05, 3.63) is 51.2 Å². The SMILES string of the molecule is COc1ccc2c(c1)C(=O)N(C[C@@]1(C#Cc3ccc(CO)s3)NC(=O)NC1=O)C2. The molecule has 3 N–H and O–H groups in total. The van der Waals surface area contributed by atoms with E-state index >= 15 is 0 Å². The number of ether oxygens (including phenoxy) is 1. The first-order chi connectivity index (χ1) is 13.9. The molecule has 8 nitrogen and oxygen atoms in total. The summed E-state index contributed by atoms with van der Waals surface area (Å²) in [4.78, 5) is 40.1. The number of imide groups is 1. The van der Waals surface area contributed by atoms with E-state index in [1.165, 1.54) is 23.3 Å². The maximum atomic E-state index is 12.9. The molecule has 0 spiro atoms. The Balaban J connectivity index is 1.63. The van der Waals surface area contributed by atoms with E-state index in [-0.39, 0.29) is 19.1 Å². The Morgan fingerprint density at radius 3 is 2.76 bits per heavy atom. The van der Waals surface area contributed by atoms with E-state index in [0.29, 0.717) is 22.7 Å². The largest absolute Gasteiger partial charge is 0.497 e. The first-order valence-electron chi connectivity index (χ1n) is 8.76. The van der Waals surface area contributed by atoms with Crippen LogP contribution in [0.1, 0.15) is 25.7 Å². The zero-order valence-electron chi connectivity index (χ0n) is 15.4. The van der Waals surface area contributed by atoms with Crippen LogP contribution >= 0.6 is 11.3 Å². The van der Waals surface area contributed by atoms with Crippen LogP contribution in [0.5, 0.6) is 5.75 Å². The van der Waals surface area contributed by atoms with Crippen molar-refractivity contribution in [1.82, 2.24) is 15.5 Å². The standard InChI is InChI=1S/C20H17N3O5S/c1-28-13-3-2-12-9-23(17(25)16(12)8-13)11-20(18(26)21-19(27)22-20)7-6-14-4-5-15(10-24)29-14/h2-5,8,24H,9-11H2,1H3,(H2,21,22,26,27)/t20-/m1/s1. The molecule has 2 aliphatic heterocycles. The van der Waals surface area contributed by atoms with Gasteiger partial charge < -0.3 is 20.1 Å². The van der Waals surface area contributed by atoms with Gasteiger partial charge in [0.2, 0.25) is 5.54 Å². The first kappa shape index (κ1) is 19.0. The number of aliphatic hydroxyl groups excluding tert-OH is 1. The molecule has 0 radical (unpaired) electrons. The van der Waals surface area contributed by atoms with Crippen LogP contribution in [0.15, 0.2) is 30.3 Å². The number of benzene rings is 1. The van der Waals surface area contributed by atoms with Crippen molar-refractivity contribution in [1.29, 1.82) is 0 Å². The number of amides is 4. The molecule has 1 aromatic heterocycles. The van der Waals surface area contributed by atoms with Gasteiger partial charge in [-0.15, -0.1) is 11.3 Å². The van der Waals surface area contributed by atoms with Gasteiger partial charge in [0.25, 0.3) is 11.8 Å². The van der Waals surface area contributed by atoms with Crippen molar-refractivity contribution in [3.8, 4) is 17.6 Å². The molecule has 0 unspecified atom stereocenters. The molecule has 148 valence electrons. The lowest BCUT2D eigenvalue weighted by atomic mass is 9.99. The van der Waals surface area contributed by atoms with E-state index in [2.05, 4.69) is 22.5 Å². The average Bonchev–Trinajstić information content (AvgIpc) is 3.37. The minimum atomic E-state index is -1.55. The van der Waals surface area contributed by atoms with E-state index in [4.69, 9.17) is 4.74 Å². The Morgan fingerprint density at radius 2 is 2.10 bits per heavy atom. The highest BCUT2D eigenvalue weighted by atomic mass is 32.1. The molecule has 1 fully saturated rings. The van der Waals surface area contributed by atoms with Crippen molar-refractivity contribution in [3.63, 3.8) is 0 Å². The van der Waals surface area contributed by atoms with E-state index in [1.54, 1.807) is 30.3 Å². The third-order valence-electron chi connectivity index (χ3n) is 4.78. The van der Waals surface area contributed by atoms with Crippen molar-refractivity contribution in [2.24, 2.45) is 0 Å². The lowest BCUT2D eigenvalue weighted by molar-refractivity contribution is -0.122. The molecular weight excluding hydrogens is 394 g/mol. The molecule has 29 heavy (non-hydrogen) atoms. The summed E-state index contributed by atoms with van der Waals surface area (Å²) in [5, 5.41) is 14.0. The zero-order valence-corrected chi connectivity index (χ0v) is 16.3. The fourth-order valence-electron chi connectivity index (χ4n) is 3.31. The quantitative estimate of drug-likeness (QED) is 0.510. The molecule has 2 aliphatic rings. The van der Waals surface area contributed by atoms with Gasteiger partial charge in [-0.25, -0.2) is 4.79 Å². The Kier molecular flexibility index (Phi) is 4.74. The fraction of sp³-hybridized carbons (Fsp3) is 0.250. The molecule has 2 aromatic rings. The Bertz CT molecular complexity index is 1080. The van der Waals surface area contributed by atoms with Crippen molar-refractivity contribution >= 4 is 29.2 Å². The van der Waals surface area contributed by atoms with Crippen LogP contribution < -0.4 is 15.4 Å². The highest BCUT2D eigenvalue weighted by Gasteiger charge is 2.48. The van der Waals surface area contributed by atoms with E-state index < -0.39 is 17.5 Å². The van der Waals surface area contributed by atoms with Crippen molar-refractivity contribution in [2.45, 2.75) is 18.7 Å². The number of fused-ring (bicyclic) bond motifs is 1. The number of hydrogen-bond donors (Lipinski definition) is 3. The maximum absolute atomic E-state index is 12.9. The summed E-state index contributed by atoms with van der Waals surface area (Å²) in [7, 11) is 1.52. The third-order valence-corrected chi connectivity index (χ3v) is 5.77. The number of nitrogens with one attached hydrogen (secondary N) is 2. The number of carbonyl (C=O) groups is 3. The number of methoxy groups -OCH3 is 1. The van der Waals surface area contributed by atoms with Gasteiger partial charge >= 0.3 is 6.03 Å². The van der Waals surface area contributed by atoms with E-state index in [1.807, 2.05) is 0 Å². The van der Waals surface area contributed by atoms with Crippen molar-refractivity contribution < 1.29 is 24.2 Å². The molecule has 0 saturated carbocycles. The van der Waals surface area contributed by atoms with Crippen molar-refractivity contribution in [2.75, 3.05) is 13.7 Å². The molecule has 1 aromatic carbocycles. The van der Waals surface area contributed by atoms with Gasteiger partial charge in [-0.3, -0.25) is 14.9 Å².